The predicted octanol–water partition coefficient (Wildman–Crippen LogP) is 3.90. The molecule has 1 saturated carbocycles. The second-order valence-electron chi connectivity index (χ2n) is 7.53. The van der Waals surface area contributed by atoms with Crippen LogP contribution < -0.4 is 11.0 Å². The summed E-state index contributed by atoms with van der Waals surface area (Å²) in [6.07, 6.45) is 4.33. The molecular weight excluding hydrogens is 350 g/mol. The average Bonchev–Trinajstić information content (AvgIpc) is 3.27. The predicted molar refractivity (Wildman–Crippen MR) is 111 cm³/mol. The van der Waals surface area contributed by atoms with Crippen molar-refractivity contribution in [1.82, 2.24) is 14.1 Å². The summed E-state index contributed by atoms with van der Waals surface area (Å²) in [7, 11) is 1.88. The lowest BCUT2D eigenvalue weighted by atomic mass is 10.1. The molecule has 0 aliphatic heterocycles. The van der Waals surface area contributed by atoms with Crippen LogP contribution in [0.2, 0.25) is 0 Å². The van der Waals surface area contributed by atoms with E-state index in [2.05, 4.69) is 0 Å². The minimum absolute atomic E-state index is 0.159. The molecule has 0 atom stereocenters. The van der Waals surface area contributed by atoms with Gasteiger partial charge >= 0.3 is 0 Å². The molecule has 0 bridgehead atoms. The number of hydrogen-bond acceptors (Lipinski definition) is 3. The summed E-state index contributed by atoms with van der Waals surface area (Å²) >= 11 is 0. The van der Waals surface area contributed by atoms with Crippen molar-refractivity contribution in [1.29, 1.82) is 0 Å². The van der Waals surface area contributed by atoms with E-state index in [1.165, 1.54) is 0 Å². The van der Waals surface area contributed by atoms with E-state index in [-0.39, 0.29) is 22.3 Å². The molecule has 0 N–H and O–H groups in total. The first-order valence-electron chi connectivity index (χ1n) is 9.76. The van der Waals surface area contributed by atoms with Crippen molar-refractivity contribution in [3.05, 3.63) is 81.0 Å². The number of aromatic nitrogens is 3. The van der Waals surface area contributed by atoms with Gasteiger partial charge < -0.3 is 4.57 Å². The maximum atomic E-state index is 13.6. The summed E-state index contributed by atoms with van der Waals surface area (Å²) < 4.78 is 3.54. The topological polar surface area (TPSA) is 56.9 Å². The van der Waals surface area contributed by atoms with Gasteiger partial charge in [-0.05, 0) is 37.1 Å². The Balaban J connectivity index is 1.97. The SMILES string of the molecule is Cn1c2ccccc2c(=O)c2c(=O)n(-c3ccccc3)c(C3CCCC3)nc21. The summed E-state index contributed by atoms with van der Waals surface area (Å²) in [6.45, 7) is 0. The van der Waals surface area contributed by atoms with Crippen molar-refractivity contribution < 1.29 is 0 Å². The molecule has 5 nitrogen and oxygen atoms in total. The molecule has 1 aliphatic rings. The first-order chi connectivity index (χ1) is 13.7. The number of hydrogen-bond donors (Lipinski definition) is 0. The lowest BCUT2D eigenvalue weighted by molar-refractivity contribution is 0.636. The van der Waals surface area contributed by atoms with Gasteiger partial charge in [0.25, 0.3) is 5.56 Å². The molecule has 5 rings (SSSR count). The Hall–Kier alpha value is -3.21. The molecule has 140 valence electrons. The highest BCUT2D eigenvalue weighted by Crippen LogP contribution is 2.34. The number of aryl methyl sites for hydroxylation is 1. The van der Waals surface area contributed by atoms with Crippen molar-refractivity contribution >= 4 is 21.9 Å². The standard InChI is InChI=1S/C23H21N3O2/c1-25-18-14-8-7-13-17(18)20(27)19-22(25)24-21(15-9-5-6-10-15)26(23(19)28)16-11-3-2-4-12-16/h2-4,7-8,11-15H,5-6,9-10H2,1H3. The third-order valence-corrected chi connectivity index (χ3v) is 5.88. The van der Waals surface area contributed by atoms with Gasteiger partial charge in [-0.2, -0.15) is 0 Å². The van der Waals surface area contributed by atoms with E-state index >= 15 is 0 Å². The zero-order valence-corrected chi connectivity index (χ0v) is 15.8. The van der Waals surface area contributed by atoms with Gasteiger partial charge in [0.15, 0.2) is 5.65 Å². The van der Waals surface area contributed by atoms with E-state index in [0.29, 0.717) is 11.0 Å². The molecule has 1 aliphatic carbocycles. The quantitative estimate of drug-likeness (QED) is 0.502. The second kappa shape index (κ2) is 6.44. The van der Waals surface area contributed by atoms with Crippen LogP contribution in [-0.2, 0) is 7.05 Å². The van der Waals surface area contributed by atoms with E-state index in [1.807, 2.05) is 60.1 Å². The van der Waals surface area contributed by atoms with E-state index in [1.54, 1.807) is 10.6 Å². The Kier molecular flexibility index (Phi) is 3.90. The Morgan fingerprint density at radius 3 is 2.36 bits per heavy atom. The fourth-order valence-electron chi connectivity index (χ4n) is 4.46. The molecule has 0 amide bonds. The Labute approximate surface area is 161 Å². The highest BCUT2D eigenvalue weighted by atomic mass is 16.1. The fraction of sp³-hybridized carbons (Fsp3) is 0.261. The molecule has 2 heterocycles. The third-order valence-electron chi connectivity index (χ3n) is 5.88. The molecule has 28 heavy (non-hydrogen) atoms. The molecule has 0 radical (unpaired) electrons. The van der Waals surface area contributed by atoms with Crippen LogP contribution in [0.1, 0.15) is 37.4 Å². The monoisotopic (exact) mass is 371 g/mol. The Bertz CT molecular complexity index is 1310. The van der Waals surface area contributed by atoms with Crippen LogP contribution in [0.15, 0.2) is 64.2 Å². The van der Waals surface area contributed by atoms with Crippen LogP contribution in [0.25, 0.3) is 27.6 Å². The van der Waals surface area contributed by atoms with Crippen LogP contribution in [0, 0.1) is 0 Å². The van der Waals surface area contributed by atoms with E-state index < -0.39 is 0 Å². The summed E-state index contributed by atoms with van der Waals surface area (Å²) in [6, 6.07) is 16.9. The van der Waals surface area contributed by atoms with Gasteiger partial charge in [0.1, 0.15) is 11.2 Å². The van der Waals surface area contributed by atoms with Gasteiger partial charge in [-0.15, -0.1) is 0 Å². The van der Waals surface area contributed by atoms with E-state index in [9.17, 15) is 9.59 Å². The molecule has 4 aromatic rings. The van der Waals surface area contributed by atoms with Gasteiger partial charge in [0, 0.05) is 18.4 Å². The largest absolute Gasteiger partial charge is 0.328 e. The lowest BCUT2D eigenvalue weighted by Gasteiger charge is -2.19. The minimum Gasteiger partial charge on any atom is -0.328 e. The van der Waals surface area contributed by atoms with Crippen LogP contribution in [0.4, 0.5) is 0 Å². The molecule has 2 aromatic carbocycles. The van der Waals surface area contributed by atoms with Crippen molar-refractivity contribution in [3.8, 4) is 5.69 Å². The maximum absolute atomic E-state index is 13.6. The zero-order chi connectivity index (χ0) is 19.3. The van der Waals surface area contributed by atoms with Crippen LogP contribution in [0.5, 0.6) is 0 Å². The molecule has 0 spiro atoms. The summed E-state index contributed by atoms with van der Waals surface area (Å²) in [5.41, 5.74) is 1.51. The normalized spacial score (nSPS) is 14.9. The fourth-order valence-corrected chi connectivity index (χ4v) is 4.46. The number of rotatable bonds is 2. The number of fused-ring (bicyclic) bond motifs is 2. The van der Waals surface area contributed by atoms with E-state index in [4.69, 9.17) is 4.98 Å². The third kappa shape index (κ3) is 2.43. The summed E-state index contributed by atoms with van der Waals surface area (Å²) in [5, 5.41) is 0.705. The first kappa shape index (κ1) is 16.9. The van der Waals surface area contributed by atoms with Gasteiger partial charge in [0.05, 0.1) is 11.2 Å². The molecule has 2 aromatic heterocycles. The highest BCUT2D eigenvalue weighted by molar-refractivity contribution is 5.91. The molecule has 1 fully saturated rings. The molecule has 5 heteroatoms. The minimum atomic E-state index is -0.274. The number of benzene rings is 2. The van der Waals surface area contributed by atoms with Crippen molar-refractivity contribution in [2.24, 2.45) is 7.05 Å². The molecule has 0 saturated heterocycles. The number of para-hydroxylation sites is 2. The molecule has 0 unspecified atom stereocenters. The van der Waals surface area contributed by atoms with Gasteiger partial charge in [-0.1, -0.05) is 43.2 Å². The lowest BCUT2D eigenvalue weighted by Crippen LogP contribution is -2.30. The van der Waals surface area contributed by atoms with Gasteiger partial charge in [0.2, 0.25) is 5.43 Å². The average molecular weight is 371 g/mol. The Morgan fingerprint density at radius 2 is 1.61 bits per heavy atom. The zero-order valence-electron chi connectivity index (χ0n) is 15.8. The summed E-state index contributed by atoms with van der Waals surface area (Å²) in [4.78, 5) is 31.8. The van der Waals surface area contributed by atoms with Crippen molar-refractivity contribution in [3.63, 3.8) is 0 Å². The van der Waals surface area contributed by atoms with Crippen molar-refractivity contribution in [2.75, 3.05) is 0 Å². The maximum Gasteiger partial charge on any atom is 0.271 e. The summed E-state index contributed by atoms with van der Waals surface area (Å²) in [5.74, 6) is 1.00. The van der Waals surface area contributed by atoms with Crippen LogP contribution >= 0.6 is 0 Å². The molecular formula is C23H21N3O2. The van der Waals surface area contributed by atoms with E-state index in [0.717, 1.165) is 42.7 Å². The number of pyridine rings is 1. The van der Waals surface area contributed by atoms with Crippen LogP contribution in [-0.4, -0.2) is 14.1 Å². The van der Waals surface area contributed by atoms with Crippen molar-refractivity contribution in [2.45, 2.75) is 31.6 Å². The van der Waals surface area contributed by atoms with Crippen LogP contribution in [0.3, 0.4) is 0 Å². The first-order valence-corrected chi connectivity index (χ1v) is 9.76. The Morgan fingerprint density at radius 1 is 0.929 bits per heavy atom. The van der Waals surface area contributed by atoms with Gasteiger partial charge in [-0.25, -0.2) is 4.98 Å². The van der Waals surface area contributed by atoms with Gasteiger partial charge in [-0.3, -0.25) is 14.2 Å². The smallest absolute Gasteiger partial charge is 0.271 e. The second-order valence-corrected chi connectivity index (χ2v) is 7.53. The highest BCUT2D eigenvalue weighted by Gasteiger charge is 2.26. The number of nitrogens with zero attached hydrogens (tertiary/aromatic N) is 3.